The summed E-state index contributed by atoms with van der Waals surface area (Å²) in [6, 6.07) is 14.6. The molecule has 0 spiro atoms. The third-order valence-electron chi connectivity index (χ3n) is 6.22. The zero-order valence-electron chi connectivity index (χ0n) is 23.6. The highest BCUT2D eigenvalue weighted by atomic mass is 79.9. The minimum atomic E-state index is -0.392. The van der Waals surface area contributed by atoms with Gasteiger partial charge in [0.05, 0.1) is 22.5 Å². The maximum absolute atomic E-state index is 13.1. The highest BCUT2D eigenvalue weighted by Gasteiger charge is 2.35. The highest BCUT2D eigenvalue weighted by Crippen LogP contribution is 2.39. The molecule has 3 aromatic rings. The van der Waals surface area contributed by atoms with Crippen LogP contribution < -0.4 is 19.5 Å². The number of halogens is 2. The van der Waals surface area contributed by atoms with Crippen LogP contribution in [0.2, 0.25) is 5.02 Å². The van der Waals surface area contributed by atoms with Crippen molar-refractivity contribution in [3.05, 3.63) is 85.2 Å². The molecule has 42 heavy (non-hydrogen) atoms. The van der Waals surface area contributed by atoms with E-state index in [0.29, 0.717) is 38.9 Å². The molecule has 0 aliphatic carbocycles. The number of anilines is 1. The number of nitrogens with one attached hydrogen (secondary N) is 1. The number of hydrogen-bond donors (Lipinski definition) is 1. The zero-order valence-corrected chi connectivity index (χ0v) is 26.7. The lowest BCUT2D eigenvalue weighted by atomic mass is 10.1. The number of benzene rings is 3. The van der Waals surface area contributed by atoms with Gasteiger partial charge in [0.25, 0.3) is 17.1 Å². The average Bonchev–Trinajstić information content (AvgIpc) is 3.19. The summed E-state index contributed by atoms with van der Waals surface area (Å²) >= 11 is 10.5. The van der Waals surface area contributed by atoms with Crippen molar-refractivity contribution in [3.63, 3.8) is 0 Å². The second-order valence-corrected chi connectivity index (χ2v) is 11.8. The summed E-state index contributed by atoms with van der Waals surface area (Å²) in [6.07, 6.45) is 1.63. The fourth-order valence-corrected chi connectivity index (χ4v) is 5.65. The number of carbonyl (C=O) groups excluding carboxylic acids is 3. The van der Waals surface area contributed by atoms with Crippen LogP contribution in [0.15, 0.2) is 57.9 Å². The van der Waals surface area contributed by atoms with Gasteiger partial charge in [0.1, 0.15) is 12.4 Å². The standard InChI is InChI=1S/C31H30BrClN2O6S/c1-5-39-26-14-21(13-23(32)29(26)41-17-28(36)34-22-9-8-19(3)24(33)16-22)15-27-30(37)35(31(38)42-27)10-11-40-25-12-18(2)6-7-20(25)4/h6-9,12-16H,5,10-11,17H2,1-4H3,(H,34,36)/b27-15-. The van der Waals surface area contributed by atoms with Gasteiger partial charge in [-0.2, -0.15) is 0 Å². The Labute approximate surface area is 262 Å². The maximum atomic E-state index is 13.1. The van der Waals surface area contributed by atoms with Gasteiger partial charge in [0.2, 0.25) is 0 Å². The Morgan fingerprint density at radius 1 is 1.00 bits per heavy atom. The van der Waals surface area contributed by atoms with E-state index in [-0.39, 0.29) is 35.8 Å². The molecule has 0 bridgehead atoms. The predicted molar refractivity (Wildman–Crippen MR) is 170 cm³/mol. The van der Waals surface area contributed by atoms with E-state index >= 15 is 0 Å². The van der Waals surface area contributed by atoms with Crippen molar-refractivity contribution in [2.75, 3.05) is 31.7 Å². The molecule has 3 amide bonds. The van der Waals surface area contributed by atoms with Gasteiger partial charge in [0, 0.05) is 10.7 Å². The van der Waals surface area contributed by atoms with E-state index < -0.39 is 5.91 Å². The van der Waals surface area contributed by atoms with Crippen LogP contribution in [-0.2, 0) is 9.59 Å². The molecule has 1 fully saturated rings. The molecule has 4 rings (SSSR count). The number of ether oxygens (including phenoxy) is 3. The topological polar surface area (TPSA) is 94.2 Å². The van der Waals surface area contributed by atoms with E-state index in [1.54, 1.807) is 30.3 Å². The molecule has 0 radical (unpaired) electrons. The number of rotatable bonds is 11. The van der Waals surface area contributed by atoms with Crippen LogP contribution in [0.4, 0.5) is 10.5 Å². The minimum absolute atomic E-state index is 0.132. The van der Waals surface area contributed by atoms with E-state index in [1.807, 2.05) is 52.0 Å². The average molecular weight is 674 g/mol. The van der Waals surface area contributed by atoms with Crippen LogP contribution in [0, 0.1) is 20.8 Å². The lowest BCUT2D eigenvalue weighted by Gasteiger charge is -2.15. The Kier molecular flexibility index (Phi) is 10.6. The zero-order chi connectivity index (χ0) is 30.4. The first kappa shape index (κ1) is 31.5. The molecule has 220 valence electrons. The molecule has 11 heteroatoms. The smallest absolute Gasteiger partial charge is 0.293 e. The first-order chi connectivity index (χ1) is 20.0. The number of aryl methyl sites for hydroxylation is 3. The third kappa shape index (κ3) is 7.87. The van der Waals surface area contributed by atoms with Crippen LogP contribution in [0.5, 0.6) is 17.2 Å². The van der Waals surface area contributed by atoms with Crippen LogP contribution in [0.1, 0.15) is 29.2 Å². The Bertz CT molecular complexity index is 1560. The summed E-state index contributed by atoms with van der Waals surface area (Å²) in [4.78, 5) is 39.7. The Hall–Kier alpha value is -3.47. The van der Waals surface area contributed by atoms with Crippen LogP contribution in [0.3, 0.4) is 0 Å². The fourth-order valence-electron chi connectivity index (χ4n) is 4.03. The molecule has 1 aliphatic rings. The van der Waals surface area contributed by atoms with E-state index in [2.05, 4.69) is 21.2 Å². The number of carbonyl (C=O) groups is 3. The van der Waals surface area contributed by atoms with Crippen LogP contribution in [0.25, 0.3) is 6.08 Å². The van der Waals surface area contributed by atoms with Gasteiger partial charge in [-0.3, -0.25) is 19.3 Å². The molecule has 3 aromatic carbocycles. The lowest BCUT2D eigenvalue weighted by Crippen LogP contribution is -2.32. The summed E-state index contributed by atoms with van der Waals surface area (Å²) in [5.74, 6) is 0.679. The third-order valence-corrected chi connectivity index (χ3v) is 8.13. The van der Waals surface area contributed by atoms with Gasteiger partial charge in [-0.1, -0.05) is 29.8 Å². The van der Waals surface area contributed by atoms with Crippen molar-refractivity contribution in [2.45, 2.75) is 27.7 Å². The number of hydrogen-bond acceptors (Lipinski definition) is 7. The molecule has 1 N–H and O–H groups in total. The first-order valence-electron chi connectivity index (χ1n) is 13.2. The summed E-state index contributed by atoms with van der Waals surface area (Å²) in [5, 5.41) is 2.94. The summed E-state index contributed by atoms with van der Waals surface area (Å²) in [5.41, 5.74) is 4.13. The Morgan fingerprint density at radius 2 is 1.76 bits per heavy atom. The number of imide groups is 1. The molecule has 0 aromatic heterocycles. The van der Waals surface area contributed by atoms with Crippen molar-refractivity contribution >= 4 is 68.1 Å². The predicted octanol–water partition coefficient (Wildman–Crippen LogP) is 7.56. The van der Waals surface area contributed by atoms with Gasteiger partial charge in [-0.25, -0.2) is 0 Å². The first-order valence-corrected chi connectivity index (χ1v) is 15.1. The quantitative estimate of drug-likeness (QED) is 0.210. The van der Waals surface area contributed by atoms with Crippen molar-refractivity contribution < 1.29 is 28.6 Å². The van der Waals surface area contributed by atoms with Gasteiger partial charge in [0.15, 0.2) is 18.1 Å². The maximum Gasteiger partial charge on any atom is 0.293 e. The van der Waals surface area contributed by atoms with Crippen molar-refractivity contribution in [3.8, 4) is 17.2 Å². The summed E-state index contributed by atoms with van der Waals surface area (Å²) < 4.78 is 17.9. The van der Waals surface area contributed by atoms with Crippen LogP contribution >= 0.6 is 39.3 Å². The van der Waals surface area contributed by atoms with E-state index in [1.165, 1.54) is 4.90 Å². The SMILES string of the molecule is CCOc1cc(/C=C2\SC(=O)N(CCOc3cc(C)ccc3C)C2=O)cc(Br)c1OCC(=O)Nc1ccc(C)c(Cl)c1. The molecule has 1 heterocycles. The van der Waals surface area contributed by atoms with Gasteiger partial charge < -0.3 is 19.5 Å². The van der Waals surface area contributed by atoms with Crippen molar-refractivity contribution in [1.82, 2.24) is 4.90 Å². The van der Waals surface area contributed by atoms with E-state index in [4.69, 9.17) is 25.8 Å². The molecule has 1 saturated heterocycles. The van der Waals surface area contributed by atoms with Crippen molar-refractivity contribution in [1.29, 1.82) is 0 Å². The molecule has 8 nitrogen and oxygen atoms in total. The van der Waals surface area contributed by atoms with E-state index in [9.17, 15) is 14.4 Å². The summed E-state index contributed by atoms with van der Waals surface area (Å²) in [6.45, 7) is 8.01. The number of amides is 3. The molecular formula is C31H30BrClN2O6S. The number of nitrogens with zero attached hydrogens (tertiary/aromatic N) is 1. The molecule has 0 saturated carbocycles. The fraction of sp³-hybridized carbons (Fsp3) is 0.258. The molecule has 0 unspecified atom stereocenters. The highest BCUT2D eigenvalue weighted by molar-refractivity contribution is 9.10. The van der Waals surface area contributed by atoms with E-state index in [0.717, 1.165) is 34.2 Å². The Balaban J connectivity index is 1.42. The van der Waals surface area contributed by atoms with Gasteiger partial charge in [-0.15, -0.1) is 0 Å². The molecule has 0 atom stereocenters. The molecule has 1 aliphatic heterocycles. The second-order valence-electron chi connectivity index (χ2n) is 9.51. The summed E-state index contributed by atoms with van der Waals surface area (Å²) in [7, 11) is 0. The van der Waals surface area contributed by atoms with Gasteiger partial charge >= 0.3 is 0 Å². The second kappa shape index (κ2) is 14.1. The minimum Gasteiger partial charge on any atom is -0.491 e. The Morgan fingerprint density at radius 3 is 2.50 bits per heavy atom. The lowest BCUT2D eigenvalue weighted by molar-refractivity contribution is -0.123. The number of thioether (sulfide) groups is 1. The molecular weight excluding hydrogens is 644 g/mol. The van der Waals surface area contributed by atoms with Gasteiger partial charge in [-0.05, 0) is 114 Å². The normalized spacial score (nSPS) is 14.0. The monoisotopic (exact) mass is 672 g/mol. The largest absolute Gasteiger partial charge is 0.491 e. The van der Waals surface area contributed by atoms with Crippen LogP contribution in [-0.4, -0.2) is 48.3 Å². The van der Waals surface area contributed by atoms with Crippen molar-refractivity contribution in [2.24, 2.45) is 0 Å².